The number of benzene rings is 4. The second-order valence-electron chi connectivity index (χ2n) is 18.0. The minimum atomic E-state index is 0.259. The molecule has 4 aromatic carbocycles. The zero-order valence-corrected chi connectivity index (χ0v) is 39.6. The first-order valence-corrected chi connectivity index (χ1v) is 22.7. The van der Waals surface area contributed by atoms with Crippen LogP contribution in [-0.4, -0.2) is 145 Å². The van der Waals surface area contributed by atoms with Gasteiger partial charge in [-0.2, -0.15) is 0 Å². The Hall–Kier alpha value is -5.40. The zero-order chi connectivity index (χ0) is 46.2. The third-order valence-electron chi connectivity index (χ3n) is 11.4. The molecule has 0 radical (unpaired) electrons. The lowest BCUT2D eigenvalue weighted by molar-refractivity contribution is 0.266. The average molecular weight is 873 g/mol. The van der Waals surface area contributed by atoms with E-state index in [1.54, 1.807) is 24.9 Å². The topological polar surface area (TPSA) is 143 Å². The van der Waals surface area contributed by atoms with E-state index in [-0.39, 0.29) is 23.0 Å². The van der Waals surface area contributed by atoms with E-state index < -0.39 is 0 Å². The van der Waals surface area contributed by atoms with Crippen molar-refractivity contribution in [2.45, 2.75) is 79.6 Å². The molecular weight excluding hydrogens is 801 g/mol. The van der Waals surface area contributed by atoms with Gasteiger partial charge in [0.25, 0.3) is 0 Å². The Morgan fingerprint density at radius 1 is 0.344 bits per heavy atom. The Bertz CT molecular complexity index is 1970. The summed E-state index contributed by atoms with van der Waals surface area (Å²) in [5, 5.41) is 44.8. The molecule has 64 heavy (non-hydrogen) atoms. The summed E-state index contributed by atoms with van der Waals surface area (Å²) in [5.74, 6) is 1.04. The van der Waals surface area contributed by atoms with Crippen LogP contribution in [0.1, 0.15) is 92.4 Å². The van der Waals surface area contributed by atoms with Crippen LogP contribution in [0, 0.1) is 27.7 Å². The lowest BCUT2D eigenvalue weighted by atomic mass is 10.0. The van der Waals surface area contributed by atoms with Gasteiger partial charge in [-0.05, 0) is 154 Å². The number of phenolic OH excluding ortho intramolecular Hbond substituents is 4. The number of aliphatic imine (C=N–C) groups is 4. The number of rotatable bonds is 0. The molecule has 0 amide bonds. The molecule has 4 N–H and O–H groups in total. The maximum atomic E-state index is 11.2. The van der Waals surface area contributed by atoms with Crippen LogP contribution in [0.4, 0.5) is 0 Å². The SMILES string of the molecule is Cc1cc2c(O)c(c1)CN(C)CCCN(C)Cc1cc(C)cc(c1O)C=NCCCN=Cc1cc(C)cc(c1O)CN(C)CCCN(C)Cc1cc(C)cc(c1O)C=NCCCN=C2. The molecule has 5 rings (SSSR count). The Kier molecular flexibility index (Phi) is 19.1. The molecule has 4 aromatic rings. The van der Waals surface area contributed by atoms with Gasteiger partial charge in [-0.1, -0.05) is 24.3 Å². The molecule has 0 fully saturated rings. The van der Waals surface area contributed by atoms with E-state index in [0.29, 0.717) is 74.6 Å². The zero-order valence-electron chi connectivity index (χ0n) is 39.6. The van der Waals surface area contributed by atoms with Gasteiger partial charge in [0.15, 0.2) is 0 Å². The Balaban J connectivity index is 1.28. The van der Waals surface area contributed by atoms with E-state index in [0.717, 1.165) is 96.4 Å². The van der Waals surface area contributed by atoms with Crippen molar-refractivity contribution in [1.29, 1.82) is 0 Å². The molecule has 12 heteroatoms. The number of phenols is 4. The molecule has 0 saturated carbocycles. The summed E-state index contributed by atoms with van der Waals surface area (Å²) in [6, 6.07) is 16.0. The van der Waals surface area contributed by atoms with E-state index in [1.807, 2.05) is 76.2 Å². The largest absolute Gasteiger partial charge is 0.507 e. The fourth-order valence-electron chi connectivity index (χ4n) is 8.27. The Morgan fingerprint density at radius 3 is 0.781 bits per heavy atom. The molecule has 1 aliphatic rings. The Morgan fingerprint density at radius 2 is 0.562 bits per heavy atom. The lowest BCUT2D eigenvalue weighted by Gasteiger charge is -2.22. The van der Waals surface area contributed by atoms with Crippen LogP contribution in [0.15, 0.2) is 68.5 Å². The molecule has 1 heterocycles. The monoisotopic (exact) mass is 873 g/mol. The highest BCUT2D eigenvalue weighted by Gasteiger charge is 2.15. The number of aromatic hydroxyl groups is 4. The van der Waals surface area contributed by atoms with Crippen molar-refractivity contribution in [3.05, 3.63) is 115 Å². The summed E-state index contributed by atoms with van der Waals surface area (Å²) in [7, 11) is 8.28. The lowest BCUT2D eigenvalue weighted by Crippen LogP contribution is -2.25. The van der Waals surface area contributed by atoms with Crippen LogP contribution in [-0.2, 0) is 26.2 Å². The first kappa shape index (κ1) is 49.6. The number of aryl methyl sites for hydroxylation is 4. The minimum absolute atomic E-state index is 0.259. The van der Waals surface area contributed by atoms with Gasteiger partial charge in [-0.3, -0.25) is 20.0 Å². The highest BCUT2D eigenvalue weighted by atomic mass is 16.3. The molecule has 0 saturated heterocycles. The van der Waals surface area contributed by atoms with Gasteiger partial charge < -0.3 is 40.0 Å². The fourth-order valence-corrected chi connectivity index (χ4v) is 8.27. The molecule has 0 atom stereocenters. The first-order valence-electron chi connectivity index (χ1n) is 22.7. The highest BCUT2D eigenvalue weighted by Crippen LogP contribution is 2.28. The van der Waals surface area contributed by atoms with E-state index in [4.69, 9.17) is 0 Å². The van der Waals surface area contributed by atoms with Crippen molar-refractivity contribution < 1.29 is 20.4 Å². The van der Waals surface area contributed by atoms with Crippen LogP contribution in [0.2, 0.25) is 0 Å². The van der Waals surface area contributed by atoms with E-state index in [9.17, 15) is 20.4 Å². The molecule has 0 unspecified atom stereocenters. The molecule has 8 bridgehead atoms. The summed E-state index contributed by atoms with van der Waals surface area (Å²) in [4.78, 5) is 27.4. The van der Waals surface area contributed by atoms with Crippen molar-refractivity contribution in [2.24, 2.45) is 20.0 Å². The molecule has 1 aliphatic heterocycles. The summed E-state index contributed by atoms with van der Waals surface area (Å²) in [5.41, 5.74) is 10.6. The van der Waals surface area contributed by atoms with Gasteiger partial charge in [0.1, 0.15) is 23.0 Å². The smallest absolute Gasteiger partial charge is 0.128 e. The van der Waals surface area contributed by atoms with Crippen molar-refractivity contribution in [2.75, 3.05) is 80.5 Å². The van der Waals surface area contributed by atoms with Crippen LogP contribution in [0.25, 0.3) is 0 Å². The van der Waals surface area contributed by atoms with E-state index in [2.05, 4.69) is 67.8 Å². The molecule has 12 nitrogen and oxygen atoms in total. The third kappa shape index (κ3) is 15.4. The van der Waals surface area contributed by atoms with E-state index in [1.165, 1.54) is 0 Å². The average Bonchev–Trinajstić information content (AvgIpc) is 3.23. The molecule has 0 aliphatic carbocycles. The van der Waals surface area contributed by atoms with Gasteiger partial charge in [0, 0.05) is 122 Å². The first-order chi connectivity index (χ1) is 30.7. The van der Waals surface area contributed by atoms with Crippen molar-refractivity contribution in [3.63, 3.8) is 0 Å². The summed E-state index contributed by atoms with van der Waals surface area (Å²) in [6.07, 6.45) is 10.3. The summed E-state index contributed by atoms with van der Waals surface area (Å²) >= 11 is 0. The van der Waals surface area contributed by atoms with Gasteiger partial charge in [0.2, 0.25) is 0 Å². The third-order valence-corrected chi connectivity index (χ3v) is 11.4. The van der Waals surface area contributed by atoms with Crippen LogP contribution >= 0.6 is 0 Å². The summed E-state index contributed by atoms with van der Waals surface area (Å²) < 4.78 is 0. The number of fused-ring (bicyclic) bond motifs is 8. The molecule has 0 spiro atoms. The maximum absolute atomic E-state index is 11.2. The van der Waals surface area contributed by atoms with Crippen molar-refractivity contribution in [3.8, 4) is 23.0 Å². The Labute approximate surface area is 382 Å². The predicted octanol–water partition coefficient (Wildman–Crippen LogP) is 7.82. The molecule has 0 aromatic heterocycles. The van der Waals surface area contributed by atoms with Crippen molar-refractivity contribution >= 4 is 24.9 Å². The van der Waals surface area contributed by atoms with Crippen molar-refractivity contribution in [1.82, 2.24) is 19.6 Å². The second kappa shape index (κ2) is 24.6. The fraction of sp³-hybridized carbons (Fsp3) is 0.462. The number of hydrogen-bond donors (Lipinski definition) is 4. The number of nitrogens with zero attached hydrogens (tertiary/aromatic N) is 8. The summed E-state index contributed by atoms with van der Waals surface area (Å²) in [6.45, 7) is 16.2. The van der Waals surface area contributed by atoms with Gasteiger partial charge in [-0.25, -0.2) is 0 Å². The highest BCUT2D eigenvalue weighted by molar-refractivity contribution is 5.86. The normalized spacial score (nSPS) is 17.4. The maximum Gasteiger partial charge on any atom is 0.128 e. The van der Waals surface area contributed by atoms with Gasteiger partial charge in [-0.15, -0.1) is 0 Å². The van der Waals surface area contributed by atoms with E-state index >= 15 is 0 Å². The van der Waals surface area contributed by atoms with Gasteiger partial charge >= 0.3 is 0 Å². The van der Waals surface area contributed by atoms with Crippen LogP contribution in [0.3, 0.4) is 0 Å². The quantitative estimate of drug-likeness (QED) is 0.140. The second-order valence-corrected chi connectivity index (χ2v) is 18.0. The van der Waals surface area contributed by atoms with Crippen LogP contribution < -0.4 is 0 Å². The number of hydrogen-bond acceptors (Lipinski definition) is 12. The molecular formula is C52H72N8O4. The minimum Gasteiger partial charge on any atom is -0.507 e. The van der Waals surface area contributed by atoms with Gasteiger partial charge in [0.05, 0.1) is 0 Å². The predicted molar refractivity (Wildman–Crippen MR) is 265 cm³/mol. The molecule has 344 valence electrons. The standard InChI is InChI=1S/C52H72N8O4/c1-37-21-41-29-53-13-9-14-54-30-42-22-38(2)27-47(50(42)62)35-59(7)19-12-20-60(8)36-48-28-40(4)24-44(52(48)64)32-56-16-10-15-55-31-43-23-39(3)26-46(51(43)63)34-58(6)18-11-17-57(5)33-45(25-37)49(41)61/h21-32,61-64H,9-20,33-36H2,1-8H3. The van der Waals surface area contributed by atoms with Crippen LogP contribution in [0.5, 0.6) is 23.0 Å².